The number of halogens is 1. The zero-order valence-electron chi connectivity index (χ0n) is 9.64. The third-order valence-corrected chi connectivity index (χ3v) is 2.92. The van der Waals surface area contributed by atoms with Gasteiger partial charge in [0.2, 0.25) is 0 Å². The molecule has 1 heterocycles. The highest BCUT2D eigenvalue weighted by atomic mass is 79.9. The molecule has 0 fully saturated rings. The van der Waals surface area contributed by atoms with Gasteiger partial charge in [-0.05, 0) is 35.4 Å². The maximum Gasteiger partial charge on any atom is 0.140 e. The lowest BCUT2D eigenvalue weighted by Crippen LogP contribution is -1.95. The summed E-state index contributed by atoms with van der Waals surface area (Å²) in [5.41, 5.74) is 2.49. The highest BCUT2D eigenvalue weighted by Gasteiger charge is 1.98. The summed E-state index contributed by atoms with van der Waals surface area (Å²) in [6, 6.07) is 13.6. The fourth-order valence-corrected chi connectivity index (χ4v) is 1.76. The molecular formula is C14H11BrN2O. The molecule has 0 atom stereocenters. The molecule has 0 radical (unpaired) electrons. The quantitative estimate of drug-likeness (QED) is 0.869. The van der Waals surface area contributed by atoms with Gasteiger partial charge in [-0.2, -0.15) is 5.26 Å². The Morgan fingerprint density at radius 1 is 1.11 bits per heavy atom. The fourth-order valence-electron chi connectivity index (χ4n) is 1.49. The predicted octanol–water partition coefficient (Wildman–Crippen LogP) is 3.43. The van der Waals surface area contributed by atoms with Crippen LogP contribution in [-0.4, -0.2) is 4.98 Å². The zero-order chi connectivity index (χ0) is 12.8. The second kappa shape index (κ2) is 6.29. The van der Waals surface area contributed by atoms with Gasteiger partial charge in [-0.25, -0.2) is 4.98 Å². The first-order valence-corrected chi connectivity index (χ1v) is 6.24. The maximum atomic E-state index is 8.73. The largest absolute Gasteiger partial charge is 0.372 e. The molecule has 2 rings (SSSR count). The van der Waals surface area contributed by atoms with E-state index in [2.05, 4.69) is 20.9 Å². The molecule has 0 unspecified atom stereocenters. The number of ether oxygens (including phenoxy) is 1. The van der Waals surface area contributed by atoms with Gasteiger partial charge in [-0.15, -0.1) is 0 Å². The number of nitrogens with zero attached hydrogens (tertiary/aromatic N) is 2. The van der Waals surface area contributed by atoms with Gasteiger partial charge in [0.05, 0.1) is 13.2 Å². The first-order chi connectivity index (χ1) is 8.78. The monoisotopic (exact) mass is 302 g/mol. The molecule has 0 aliphatic carbocycles. The summed E-state index contributed by atoms with van der Waals surface area (Å²) in [6.07, 6.45) is 1.62. The Morgan fingerprint density at radius 3 is 2.56 bits per heavy atom. The van der Waals surface area contributed by atoms with E-state index in [1.54, 1.807) is 12.3 Å². The van der Waals surface area contributed by atoms with Crippen LogP contribution in [0.1, 0.15) is 16.8 Å². The first-order valence-electron chi connectivity index (χ1n) is 5.45. The molecule has 0 bridgehead atoms. The van der Waals surface area contributed by atoms with Gasteiger partial charge in [0.15, 0.2) is 0 Å². The van der Waals surface area contributed by atoms with Crippen LogP contribution in [0.5, 0.6) is 0 Å². The first kappa shape index (κ1) is 12.7. The summed E-state index contributed by atoms with van der Waals surface area (Å²) in [7, 11) is 0. The topological polar surface area (TPSA) is 45.9 Å². The third-order valence-electron chi connectivity index (χ3n) is 2.39. The lowest BCUT2D eigenvalue weighted by molar-refractivity contribution is 0.107. The van der Waals surface area contributed by atoms with Crippen molar-refractivity contribution in [2.45, 2.75) is 13.2 Å². The highest BCUT2D eigenvalue weighted by molar-refractivity contribution is 9.10. The number of hydrogen-bond donors (Lipinski definition) is 0. The van der Waals surface area contributed by atoms with Crippen molar-refractivity contribution in [3.05, 3.63) is 63.9 Å². The highest BCUT2D eigenvalue weighted by Crippen LogP contribution is 2.12. The minimum atomic E-state index is 0.416. The van der Waals surface area contributed by atoms with Gasteiger partial charge in [0, 0.05) is 10.7 Å². The van der Waals surface area contributed by atoms with Crippen LogP contribution in [0.4, 0.5) is 0 Å². The third kappa shape index (κ3) is 3.66. The Morgan fingerprint density at radius 2 is 1.83 bits per heavy atom. The Bertz CT molecular complexity index is 561. The molecule has 1 aromatic heterocycles. The average molecular weight is 303 g/mol. The second-order valence-electron chi connectivity index (χ2n) is 3.78. The standard InChI is InChI=1S/C14H11BrN2O/c15-13-3-1-11(2-4-13)9-18-10-12-5-6-17-14(7-12)8-16/h1-7H,9-10H2. The summed E-state index contributed by atoms with van der Waals surface area (Å²) in [4.78, 5) is 3.91. The molecule has 4 heteroatoms. The summed E-state index contributed by atoms with van der Waals surface area (Å²) < 4.78 is 6.65. The van der Waals surface area contributed by atoms with Crippen LogP contribution >= 0.6 is 15.9 Å². The molecule has 2 aromatic rings. The van der Waals surface area contributed by atoms with E-state index in [0.29, 0.717) is 18.9 Å². The van der Waals surface area contributed by atoms with Crippen molar-refractivity contribution >= 4 is 15.9 Å². The van der Waals surface area contributed by atoms with E-state index in [0.717, 1.165) is 15.6 Å². The predicted molar refractivity (Wildman–Crippen MR) is 71.6 cm³/mol. The van der Waals surface area contributed by atoms with Gasteiger partial charge in [0.1, 0.15) is 11.8 Å². The zero-order valence-corrected chi connectivity index (χ0v) is 11.2. The maximum absolute atomic E-state index is 8.73. The molecule has 90 valence electrons. The van der Waals surface area contributed by atoms with Crippen molar-refractivity contribution in [3.8, 4) is 6.07 Å². The van der Waals surface area contributed by atoms with Gasteiger partial charge in [0.25, 0.3) is 0 Å². The Labute approximate surface area is 114 Å². The molecule has 18 heavy (non-hydrogen) atoms. The van der Waals surface area contributed by atoms with E-state index in [-0.39, 0.29) is 0 Å². The molecule has 1 aromatic carbocycles. The lowest BCUT2D eigenvalue weighted by atomic mass is 10.2. The molecule has 3 nitrogen and oxygen atoms in total. The molecule has 0 amide bonds. The molecule has 0 spiro atoms. The van der Waals surface area contributed by atoms with Crippen LogP contribution in [0, 0.1) is 11.3 Å². The molecule has 0 saturated carbocycles. The van der Waals surface area contributed by atoms with Crippen molar-refractivity contribution in [1.82, 2.24) is 4.98 Å². The molecule has 0 N–H and O–H groups in total. The Balaban J connectivity index is 1.88. The summed E-state index contributed by atoms with van der Waals surface area (Å²) >= 11 is 3.39. The molecule has 0 aliphatic heterocycles. The second-order valence-corrected chi connectivity index (χ2v) is 4.70. The molecule has 0 aliphatic rings. The van der Waals surface area contributed by atoms with Gasteiger partial charge < -0.3 is 4.74 Å². The van der Waals surface area contributed by atoms with E-state index >= 15 is 0 Å². The van der Waals surface area contributed by atoms with Crippen LogP contribution in [0.3, 0.4) is 0 Å². The van der Waals surface area contributed by atoms with E-state index in [9.17, 15) is 0 Å². The summed E-state index contributed by atoms with van der Waals surface area (Å²) in [5, 5.41) is 8.73. The van der Waals surface area contributed by atoms with Crippen molar-refractivity contribution in [2.75, 3.05) is 0 Å². The fraction of sp³-hybridized carbons (Fsp3) is 0.143. The van der Waals surface area contributed by atoms with Crippen molar-refractivity contribution in [2.24, 2.45) is 0 Å². The average Bonchev–Trinajstić information content (AvgIpc) is 2.41. The van der Waals surface area contributed by atoms with E-state index < -0.39 is 0 Å². The van der Waals surface area contributed by atoms with Crippen molar-refractivity contribution in [1.29, 1.82) is 5.26 Å². The van der Waals surface area contributed by atoms with E-state index in [1.807, 2.05) is 36.4 Å². The number of pyridine rings is 1. The normalized spacial score (nSPS) is 10.0. The van der Waals surface area contributed by atoms with Gasteiger partial charge >= 0.3 is 0 Å². The van der Waals surface area contributed by atoms with Crippen LogP contribution in [0.2, 0.25) is 0 Å². The Hall–Kier alpha value is -1.70. The van der Waals surface area contributed by atoms with Crippen LogP contribution in [-0.2, 0) is 18.0 Å². The number of benzene rings is 1. The Kier molecular flexibility index (Phi) is 4.46. The number of hydrogen-bond acceptors (Lipinski definition) is 3. The van der Waals surface area contributed by atoms with Crippen molar-refractivity contribution < 1.29 is 4.74 Å². The minimum absolute atomic E-state index is 0.416. The van der Waals surface area contributed by atoms with Crippen LogP contribution in [0.25, 0.3) is 0 Å². The molecular weight excluding hydrogens is 292 g/mol. The van der Waals surface area contributed by atoms with Gasteiger partial charge in [-0.1, -0.05) is 28.1 Å². The van der Waals surface area contributed by atoms with Crippen LogP contribution < -0.4 is 0 Å². The van der Waals surface area contributed by atoms with Crippen LogP contribution in [0.15, 0.2) is 47.1 Å². The van der Waals surface area contributed by atoms with E-state index in [4.69, 9.17) is 10.00 Å². The molecule has 0 saturated heterocycles. The van der Waals surface area contributed by atoms with Gasteiger partial charge in [-0.3, -0.25) is 0 Å². The SMILES string of the molecule is N#Cc1cc(COCc2ccc(Br)cc2)ccn1. The van der Waals surface area contributed by atoms with Crippen molar-refractivity contribution in [3.63, 3.8) is 0 Å². The van der Waals surface area contributed by atoms with E-state index in [1.165, 1.54) is 0 Å². The lowest BCUT2D eigenvalue weighted by Gasteiger charge is -2.04. The summed E-state index contributed by atoms with van der Waals surface area (Å²) in [6.45, 7) is 1.03. The minimum Gasteiger partial charge on any atom is -0.372 e. The number of aromatic nitrogens is 1. The summed E-state index contributed by atoms with van der Waals surface area (Å²) in [5.74, 6) is 0. The smallest absolute Gasteiger partial charge is 0.140 e. The number of nitriles is 1. The number of rotatable bonds is 4.